The first-order chi connectivity index (χ1) is 12.9. The minimum atomic E-state index is -2.32. The van der Waals surface area contributed by atoms with Crippen LogP contribution in [0.3, 0.4) is 0 Å². The van der Waals surface area contributed by atoms with Crippen LogP contribution in [-0.4, -0.2) is 21.8 Å². The van der Waals surface area contributed by atoms with Crippen LogP contribution in [0.2, 0.25) is 0 Å². The molecule has 126 valence electrons. The van der Waals surface area contributed by atoms with Crippen LogP contribution in [0.15, 0.2) is 125 Å². The van der Waals surface area contributed by atoms with Crippen molar-refractivity contribution in [1.82, 2.24) is 0 Å². The fourth-order valence-electron chi connectivity index (χ4n) is 2.93. The molecular weight excluding hydrogens is 529 g/mol. The van der Waals surface area contributed by atoms with E-state index in [0.29, 0.717) is 0 Å². The topological polar surface area (TPSA) is 0 Å². The van der Waals surface area contributed by atoms with Crippen LogP contribution in [0.25, 0.3) is 0 Å². The molecule has 0 saturated heterocycles. The average Bonchev–Trinajstić information content (AvgIpc) is 2.72. The molecule has 4 aromatic rings. The molecule has 0 radical (unpaired) electrons. The van der Waals surface area contributed by atoms with Crippen LogP contribution < -0.4 is 9.81 Å². The summed E-state index contributed by atoms with van der Waals surface area (Å²) in [5, 5.41) is 0. The van der Waals surface area contributed by atoms with Gasteiger partial charge in [0.05, 0.1) is 0 Å². The van der Waals surface area contributed by atoms with Crippen molar-refractivity contribution in [1.29, 1.82) is 0 Å². The van der Waals surface area contributed by atoms with Gasteiger partial charge in [-0.3, -0.25) is 0 Å². The molecule has 0 unspecified atom stereocenters. The van der Waals surface area contributed by atoms with E-state index in [4.69, 9.17) is 0 Å². The molecule has 0 aliphatic carbocycles. The molecule has 4 rings (SSSR count). The Morgan fingerprint density at radius 2 is 0.923 bits per heavy atom. The first-order valence-corrected chi connectivity index (χ1v) is 14.7. The normalized spacial score (nSPS) is 10.8. The Balaban J connectivity index is 1.82. The summed E-state index contributed by atoms with van der Waals surface area (Å²) in [5.41, 5.74) is 0. The number of hydrogen-bond acceptors (Lipinski definition) is 1. The summed E-state index contributed by atoms with van der Waals surface area (Å²) < 4.78 is 4.60. The van der Waals surface area contributed by atoms with Gasteiger partial charge in [-0.25, -0.2) is 0 Å². The fraction of sp³-hybridized carbons (Fsp3) is 0. The van der Waals surface area contributed by atoms with Crippen molar-refractivity contribution in [3.05, 3.63) is 115 Å². The SMILES string of the molecule is c1ccc(Sc2cccc[c]2[Bi]([c]2ccccc2)[c]2ccccc2)cc1. The van der Waals surface area contributed by atoms with E-state index in [-0.39, 0.29) is 0 Å². The molecule has 0 fully saturated rings. The van der Waals surface area contributed by atoms with Gasteiger partial charge in [-0.15, -0.1) is 0 Å². The zero-order valence-corrected chi connectivity index (χ0v) is 18.6. The van der Waals surface area contributed by atoms with Crippen LogP contribution in [0, 0.1) is 0 Å². The molecule has 0 N–H and O–H groups in total. The quantitative estimate of drug-likeness (QED) is 0.335. The van der Waals surface area contributed by atoms with Crippen LogP contribution in [0.5, 0.6) is 0 Å². The molecule has 0 bridgehead atoms. The first kappa shape index (κ1) is 17.5. The number of benzene rings is 4. The Morgan fingerprint density at radius 1 is 0.462 bits per heavy atom. The van der Waals surface area contributed by atoms with Crippen molar-refractivity contribution in [2.24, 2.45) is 0 Å². The predicted octanol–water partition coefficient (Wildman–Crippen LogP) is 4.35. The molecule has 0 atom stereocenters. The maximum atomic E-state index is 2.35. The van der Waals surface area contributed by atoms with E-state index in [0.717, 1.165) is 0 Å². The summed E-state index contributed by atoms with van der Waals surface area (Å²) in [6.07, 6.45) is 0. The van der Waals surface area contributed by atoms with Crippen molar-refractivity contribution in [3.63, 3.8) is 0 Å². The van der Waals surface area contributed by atoms with Gasteiger partial charge in [0.25, 0.3) is 0 Å². The summed E-state index contributed by atoms with van der Waals surface area (Å²) in [6, 6.07) is 41.8. The van der Waals surface area contributed by atoms with Crippen molar-refractivity contribution in [2.45, 2.75) is 9.79 Å². The standard InChI is InChI=1S/C12H9S.2C6H5.Bi/c1-3-7-11(8-4-1)13-12-9-5-2-6-10-12;2*1-2-4-6-5-3-1;/h1-9H;2*1-5H;. The molecular formula is C24H19BiS. The van der Waals surface area contributed by atoms with Gasteiger partial charge in [-0.1, -0.05) is 0 Å². The average molecular weight is 548 g/mol. The van der Waals surface area contributed by atoms with Gasteiger partial charge in [-0.2, -0.15) is 0 Å². The Bertz CT molecular complexity index is 913. The molecule has 0 aromatic heterocycles. The Hall–Kier alpha value is -1.89. The third-order valence-corrected chi connectivity index (χ3v) is 15.5. The van der Waals surface area contributed by atoms with E-state index >= 15 is 0 Å². The Kier molecular flexibility index (Phi) is 5.84. The second-order valence-electron chi connectivity index (χ2n) is 5.89. The summed E-state index contributed by atoms with van der Waals surface area (Å²) in [5.74, 6) is 0. The van der Waals surface area contributed by atoms with Gasteiger partial charge in [0, 0.05) is 0 Å². The van der Waals surface area contributed by atoms with Gasteiger partial charge in [0.1, 0.15) is 0 Å². The summed E-state index contributed by atoms with van der Waals surface area (Å²) in [6.45, 7) is 0. The van der Waals surface area contributed by atoms with E-state index in [9.17, 15) is 0 Å². The molecule has 0 amide bonds. The van der Waals surface area contributed by atoms with Crippen molar-refractivity contribution in [3.8, 4) is 0 Å². The zero-order valence-electron chi connectivity index (χ0n) is 14.3. The molecule has 4 aromatic carbocycles. The van der Waals surface area contributed by atoms with Gasteiger partial charge in [-0.05, 0) is 0 Å². The molecule has 26 heavy (non-hydrogen) atoms. The molecule has 2 heteroatoms. The molecule has 0 nitrogen and oxygen atoms in total. The van der Waals surface area contributed by atoms with E-state index < -0.39 is 21.8 Å². The van der Waals surface area contributed by atoms with Gasteiger partial charge < -0.3 is 0 Å². The molecule has 0 heterocycles. The minimum absolute atomic E-state index is 1.30. The van der Waals surface area contributed by atoms with Gasteiger partial charge in [0.15, 0.2) is 0 Å². The van der Waals surface area contributed by atoms with Crippen LogP contribution in [0.4, 0.5) is 0 Å². The van der Waals surface area contributed by atoms with Crippen molar-refractivity contribution >= 4 is 43.3 Å². The second kappa shape index (κ2) is 8.67. The van der Waals surface area contributed by atoms with E-state index in [1.807, 2.05) is 11.8 Å². The third kappa shape index (κ3) is 4.09. The molecule has 0 aliphatic rings. The second-order valence-corrected chi connectivity index (χ2v) is 15.5. The summed E-state index contributed by atoms with van der Waals surface area (Å²) in [7, 11) is 0. The number of rotatable bonds is 5. The Morgan fingerprint density at radius 3 is 1.50 bits per heavy atom. The third-order valence-electron chi connectivity index (χ3n) is 4.11. The van der Waals surface area contributed by atoms with Gasteiger partial charge in [0.2, 0.25) is 0 Å². The van der Waals surface area contributed by atoms with Crippen LogP contribution >= 0.6 is 11.8 Å². The fourth-order valence-corrected chi connectivity index (χ4v) is 14.2. The maximum absolute atomic E-state index is 2.35. The van der Waals surface area contributed by atoms with E-state index in [2.05, 4.69) is 115 Å². The predicted molar refractivity (Wildman–Crippen MR) is 115 cm³/mol. The van der Waals surface area contributed by atoms with Crippen LogP contribution in [0.1, 0.15) is 0 Å². The van der Waals surface area contributed by atoms with Crippen molar-refractivity contribution < 1.29 is 0 Å². The van der Waals surface area contributed by atoms with Crippen LogP contribution in [-0.2, 0) is 0 Å². The number of hydrogen-bond donors (Lipinski definition) is 0. The van der Waals surface area contributed by atoms with E-state index in [1.165, 1.54) is 16.3 Å². The first-order valence-electron chi connectivity index (χ1n) is 8.64. The monoisotopic (exact) mass is 548 g/mol. The van der Waals surface area contributed by atoms with E-state index in [1.54, 1.807) is 3.27 Å². The Labute approximate surface area is 167 Å². The zero-order chi connectivity index (χ0) is 17.6. The molecule has 0 aliphatic heterocycles. The van der Waals surface area contributed by atoms with Gasteiger partial charge >= 0.3 is 168 Å². The summed E-state index contributed by atoms with van der Waals surface area (Å²) in [4.78, 5) is 2.69. The van der Waals surface area contributed by atoms with Crippen molar-refractivity contribution in [2.75, 3.05) is 0 Å². The summed E-state index contributed by atoms with van der Waals surface area (Å²) >= 11 is -0.438. The molecule has 0 saturated carbocycles. The molecule has 0 spiro atoms.